The van der Waals surface area contributed by atoms with E-state index in [2.05, 4.69) is 5.32 Å². The molecule has 0 bridgehead atoms. The number of carbonyl (C=O) groups excluding carboxylic acids is 1. The zero-order valence-corrected chi connectivity index (χ0v) is 16.9. The number of methoxy groups -OCH3 is 1. The van der Waals surface area contributed by atoms with Crippen LogP contribution in [0, 0.1) is 0 Å². The Balaban J connectivity index is 1.65. The molecular weight excluding hydrogens is 404 g/mol. The second-order valence-electron chi connectivity index (χ2n) is 7.13. The minimum Gasteiger partial charge on any atom is -0.508 e. The summed E-state index contributed by atoms with van der Waals surface area (Å²) in [6, 6.07) is 8.99. The third-order valence-corrected chi connectivity index (χ3v) is 5.05. The van der Waals surface area contributed by atoms with Crippen LogP contribution in [-0.4, -0.2) is 60.9 Å². The summed E-state index contributed by atoms with van der Waals surface area (Å²) in [7, 11) is 1.37. The fourth-order valence-corrected chi connectivity index (χ4v) is 3.50. The van der Waals surface area contributed by atoms with E-state index >= 15 is 0 Å². The molecule has 0 atom stereocenters. The van der Waals surface area contributed by atoms with Gasteiger partial charge in [0.2, 0.25) is 11.7 Å². The molecule has 3 aromatic rings. The van der Waals surface area contributed by atoms with E-state index in [0.717, 1.165) is 6.54 Å². The van der Waals surface area contributed by atoms with E-state index in [1.54, 1.807) is 12.1 Å². The fraction of sp³-hybridized carbons (Fsp3) is 0.273. The first-order chi connectivity index (χ1) is 15.0. The summed E-state index contributed by atoms with van der Waals surface area (Å²) in [6.07, 6.45) is 0. The summed E-state index contributed by atoms with van der Waals surface area (Å²) in [5.74, 6) is 0.242. The molecular formula is C22H22N2O7. The highest BCUT2D eigenvalue weighted by Crippen LogP contribution is 2.42. The second kappa shape index (κ2) is 8.57. The zero-order valence-electron chi connectivity index (χ0n) is 16.9. The minimum absolute atomic E-state index is 0.0144. The first-order valence-electron chi connectivity index (χ1n) is 9.75. The molecule has 1 aliphatic heterocycles. The highest BCUT2D eigenvalue weighted by atomic mass is 16.5. The Morgan fingerprint density at radius 1 is 1.16 bits per heavy atom. The number of piperazine rings is 1. The van der Waals surface area contributed by atoms with Crippen molar-refractivity contribution in [3.8, 4) is 34.3 Å². The lowest BCUT2D eigenvalue weighted by Gasteiger charge is -2.26. The number of nitrogens with one attached hydrogen (secondary N) is 1. The molecule has 2 aromatic carbocycles. The SMILES string of the molecule is COc1c(OCCN2CCNC(=O)C2)cc2oc(-c3ccc(O)cc3)cc(=O)c2c1O. The van der Waals surface area contributed by atoms with Crippen LogP contribution < -0.4 is 20.2 Å². The third-order valence-electron chi connectivity index (χ3n) is 5.05. The highest BCUT2D eigenvalue weighted by Gasteiger charge is 2.21. The molecule has 1 amide bonds. The van der Waals surface area contributed by atoms with Gasteiger partial charge in [-0.05, 0) is 24.3 Å². The van der Waals surface area contributed by atoms with E-state index < -0.39 is 5.43 Å². The van der Waals surface area contributed by atoms with E-state index in [4.69, 9.17) is 13.9 Å². The van der Waals surface area contributed by atoms with Gasteiger partial charge in [-0.3, -0.25) is 14.5 Å². The quantitative estimate of drug-likeness (QED) is 0.545. The van der Waals surface area contributed by atoms with Gasteiger partial charge in [-0.25, -0.2) is 0 Å². The molecule has 1 aliphatic rings. The molecule has 0 radical (unpaired) electrons. The fourth-order valence-electron chi connectivity index (χ4n) is 3.50. The monoisotopic (exact) mass is 426 g/mol. The normalized spacial score (nSPS) is 14.4. The number of hydrogen-bond acceptors (Lipinski definition) is 8. The van der Waals surface area contributed by atoms with Crippen LogP contribution in [0.25, 0.3) is 22.3 Å². The summed E-state index contributed by atoms with van der Waals surface area (Å²) in [5.41, 5.74) is 0.296. The number of aromatic hydroxyl groups is 2. The first kappa shape index (κ1) is 20.5. The van der Waals surface area contributed by atoms with E-state index in [1.165, 1.54) is 31.4 Å². The Kier molecular flexibility index (Phi) is 5.68. The average molecular weight is 426 g/mol. The highest BCUT2D eigenvalue weighted by molar-refractivity contribution is 5.89. The number of fused-ring (bicyclic) bond motifs is 1. The van der Waals surface area contributed by atoms with Crippen molar-refractivity contribution in [2.24, 2.45) is 0 Å². The van der Waals surface area contributed by atoms with E-state index in [-0.39, 0.29) is 52.2 Å². The van der Waals surface area contributed by atoms with Crippen molar-refractivity contribution < 1.29 is 28.9 Å². The lowest BCUT2D eigenvalue weighted by Crippen LogP contribution is -2.48. The number of phenols is 2. The molecule has 3 N–H and O–H groups in total. The molecule has 0 saturated carbocycles. The van der Waals surface area contributed by atoms with Crippen LogP contribution in [0.15, 0.2) is 45.6 Å². The maximum absolute atomic E-state index is 12.7. The summed E-state index contributed by atoms with van der Waals surface area (Å²) in [5, 5.41) is 22.8. The lowest BCUT2D eigenvalue weighted by molar-refractivity contribution is -0.124. The van der Waals surface area contributed by atoms with Crippen LogP contribution in [0.2, 0.25) is 0 Å². The molecule has 162 valence electrons. The van der Waals surface area contributed by atoms with Crippen LogP contribution in [0.4, 0.5) is 0 Å². The van der Waals surface area contributed by atoms with Crippen molar-refractivity contribution in [1.29, 1.82) is 0 Å². The zero-order chi connectivity index (χ0) is 22.0. The van der Waals surface area contributed by atoms with Gasteiger partial charge in [-0.1, -0.05) is 0 Å². The number of amides is 1. The van der Waals surface area contributed by atoms with E-state index in [1.807, 2.05) is 4.90 Å². The van der Waals surface area contributed by atoms with Crippen LogP contribution in [0.1, 0.15) is 0 Å². The molecule has 4 rings (SSSR count). The van der Waals surface area contributed by atoms with Gasteiger partial charge in [0.15, 0.2) is 16.9 Å². The Morgan fingerprint density at radius 2 is 1.94 bits per heavy atom. The van der Waals surface area contributed by atoms with Gasteiger partial charge < -0.3 is 29.4 Å². The Morgan fingerprint density at radius 3 is 2.65 bits per heavy atom. The van der Waals surface area contributed by atoms with Gasteiger partial charge in [-0.15, -0.1) is 0 Å². The number of phenolic OH excluding ortho intramolecular Hbond substituents is 2. The summed E-state index contributed by atoms with van der Waals surface area (Å²) in [4.78, 5) is 26.1. The molecule has 31 heavy (non-hydrogen) atoms. The van der Waals surface area contributed by atoms with Crippen LogP contribution in [-0.2, 0) is 4.79 Å². The van der Waals surface area contributed by atoms with Crippen LogP contribution in [0.3, 0.4) is 0 Å². The number of ether oxygens (including phenoxy) is 2. The maximum atomic E-state index is 12.7. The minimum atomic E-state index is -0.439. The van der Waals surface area contributed by atoms with Crippen molar-refractivity contribution in [3.63, 3.8) is 0 Å². The van der Waals surface area contributed by atoms with Gasteiger partial charge in [0, 0.05) is 37.3 Å². The average Bonchev–Trinajstić information content (AvgIpc) is 2.74. The number of hydrogen-bond donors (Lipinski definition) is 3. The number of nitrogens with zero attached hydrogens (tertiary/aromatic N) is 1. The lowest BCUT2D eigenvalue weighted by atomic mass is 10.1. The number of rotatable bonds is 6. The Labute approximate surface area is 177 Å². The Hall–Kier alpha value is -3.72. The van der Waals surface area contributed by atoms with Crippen molar-refractivity contribution in [3.05, 3.63) is 46.6 Å². The second-order valence-corrected chi connectivity index (χ2v) is 7.13. The maximum Gasteiger partial charge on any atom is 0.234 e. The number of benzene rings is 2. The van der Waals surface area contributed by atoms with Crippen molar-refractivity contribution in [2.45, 2.75) is 0 Å². The predicted molar refractivity (Wildman–Crippen MR) is 113 cm³/mol. The summed E-state index contributed by atoms with van der Waals surface area (Å²) >= 11 is 0. The molecule has 1 fully saturated rings. The predicted octanol–water partition coefficient (Wildman–Crippen LogP) is 1.69. The Bertz CT molecular complexity index is 1170. The standard InChI is InChI=1S/C22H22N2O7/c1-29-22-18(30-9-8-24-7-6-23-19(27)12-24)11-17-20(21(22)28)15(26)10-16(31-17)13-2-4-14(25)5-3-13/h2-5,10-11,25,28H,6-9,12H2,1H3,(H,23,27). The van der Waals surface area contributed by atoms with E-state index in [9.17, 15) is 19.8 Å². The topological polar surface area (TPSA) is 121 Å². The molecule has 0 aliphatic carbocycles. The molecule has 1 saturated heterocycles. The molecule has 0 unspecified atom stereocenters. The molecule has 9 heteroatoms. The van der Waals surface area contributed by atoms with Gasteiger partial charge in [-0.2, -0.15) is 0 Å². The summed E-state index contributed by atoms with van der Waals surface area (Å²) in [6.45, 7) is 2.36. The van der Waals surface area contributed by atoms with Gasteiger partial charge in [0.05, 0.1) is 13.7 Å². The van der Waals surface area contributed by atoms with Crippen molar-refractivity contribution in [2.75, 3.05) is 39.9 Å². The van der Waals surface area contributed by atoms with Gasteiger partial charge in [0.1, 0.15) is 29.1 Å². The van der Waals surface area contributed by atoms with Gasteiger partial charge >= 0.3 is 0 Å². The molecule has 1 aromatic heterocycles. The van der Waals surface area contributed by atoms with Crippen molar-refractivity contribution in [1.82, 2.24) is 10.2 Å². The summed E-state index contributed by atoms with van der Waals surface area (Å²) < 4.78 is 16.9. The molecule has 2 heterocycles. The number of carbonyl (C=O) groups is 1. The smallest absolute Gasteiger partial charge is 0.234 e. The third kappa shape index (κ3) is 4.26. The van der Waals surface area contributed by atoms with Gasteiger partial charge in [0.25, 0.3) is 0 Å². The van der Waals surface area contributed by atoms with E-state index in [0.29, 0.717) is 25.2 Å². The first-order valence-corrected chi connectivity index (χ1v) is 9.75. The van der Waals surface area contributed by atoms with Crippen LogP contribution in [0.5, 0.6) is 23.0 Å². The largest absolute Gasteiger partial charge is 0.508 e. The molecule has 0 spiro atoms. The van der Waals surface area contributed by atoms with Crippen molar-refractivity contribution >= 4 is 16.9 Å². The molecule has 9 nitrogen and oxygen atoms in total. The van der Waals surface area contributed by atoms with Crippen LogP contribution >= 0.6 is 0 Å².